The molecule has 0 saturated carbocycles. The average Bonchev–Trinajstić information content (AvgIpc) is 2.72. The van der Waals surface area contributed by atoms with E-state index in [9.17, 15) is 18.0 Å². The summed E-state index contributed by atoms with van der Waals surface area (Å²) in [6.07, 6.45) is -3.88. The molecule has 0 N–H and O–H groups in total. The Morgan fingerprint density at radius 2 is 1.76 bits per heavy atom. The zero-order chi connectivity index (χ0) is 20.6. The Morgan fingerprint density at radius 1 is 1.07 bits per heavy atom. The molecule has 1 atom stereocenters. The number of thioether (sulfide) groups is 1. The van der Waals surface area contributed by atoms with Crippen molar-refractivity contribution in [3.63, 3.8) is 0 Å². The van der Waals surface area contributed by atoms with Gasteiger partial charge in [-0.2, -0.15) is 13.2 Å². The van der Waals surface area contributed by atoms with Crippen molar-refractivity contribution in [3.05, 3.63) is 65.5 Å². The van der Waals surface area contributed by atoms with Crippen LogP contribution in [0, 0.1) is 0 Å². The standard InChI is InChI=1S/C21H18F3N3OS/c1-13(19(28)27-11-10-14-6-2-3-7-15(14)12-27)29-18-16-8-4-5-9-17(16)25-20(26-18)21(22,23)24/h2-9,13H,10-12H2,1H3/t13-/m1/s1. The van der Waals surface area contributed by atoms with Crippen LogP contribution in [0.5, 0.6) is 0 Å². The summed E-state index contributed by atoms with van der Waals surface area (Å²) in [6.45, 7) is 2.81. The van der Waals surface area contributed by atoms with Crippen molar-refractivity contribution in [3.8, 4) is 0 Å². The van der Waals surface area contributed by atoms with E-state index in [2.05, 4.69) is 16.0 Å². The first-order valence-corrected chi connectivity index (χ1v) is 10.1. The molecule has 0 bridgehead atoms. The fourth-order valence-corrected chi connectivity index (χ4v) is 4.45. The number of halogens is 3. The van der Waals surface area contributed by atoms with Gasteiger partial charge in [0.05, 0.1) is 10.8 Å². The van der Waals surface area contributed by atoms with Gasteiger partial charge in [-0.15, -0.1) is 0 Å². The smallest absolute Gasteiger partial charge is 0.337 e. The maximum atomic E-state index is 13.2. The Bertz CT molecular complexity index is 1070. The number of amides is 1. The Balaban J connectivity index is 1.59. The first-order chi connectivity index (χ1) is 13.8. The van der Waals surface area contributed by atoms with E-state index in [-0.39, 0.29) is 16.4 Å². The van der Waals surface area contributed by atoms with Crippen LogP contribution < -0.4 is 0 Å². The number of fused-ring (bicyclic) bond motifs is 2. The van der Waals surface area contributed by atoms with Gasteiger partial charge in [-0.3, -0.25) is 4.79 Å². The lowest BCUT2D eigenvalue weighted by atomic mass is 10.00. The summed E-state index contributed by atoms with van der Waals surface area (Å²) in [5.74, 6) is -1.30. The van der Waals surface area contributed by atoms with Crippen LogP contribution in [-0.2, 0) is 23.9 Å². The minimum absolute atomic E-state index is 0.110. The number of benzene rings is 2. The quantitative estimate of drug-likeness (QED) is 0.457. The Morgan fingerprint density at radius 3 is 2.52 bits per heavy atom. The van der Waals surface area contributed by atoms with Gasteiger partial charge in [-0.1, -0.05) is 54.2 Å². The number of carbonyl (C=O) groups excluding carboxylic acids is 1. The first kappa shape index (κ1) is 19.7. The highest BCUT2D eigenvalue weighted by atomic mass is 32.2. The van der Waals surface area contributed by atoms with Crippen molar-refractivity contribution in [2.75, 3.05) is 6.54 Å². The van der Waals surface area contributed by atoms with E-state index < -0.39 is 17.3 Å². The monoisotopic (exact) mass is 417 g/mol. The fourth-order valence-electron chi connectivity index (χ4n) is 3.42. The summed E-state index contributed by atoms with van der Waals surface area (Å²) in [4.78, 5) is 22.1. The lowest BCUT2D eigenvalue weighted by Crippen LogP contribution is -2.40. The van der Waals surface area contributed by atoms with E-state index in [0.717, 1.165) is 23.7 Å². The van der Waals surface area contributed by atoms with Crippen LogP contribution in [0.2, 0.25) is 0 Å². The molecule has 0 saturated heterocycles. The van der Waals surface area contributed by atoms with Crippen LogP contribution in [0.25, 0.3) is 10.9 Å². The number of alkyl halides is 3. The SMILES string of the molecule is C[C@@H](Sc1nc(C(F)(F)F)nc2ccccc12)C(=O)N1CCc2ccccc2C1. The number of carbonyl (C=O) groups is 1. The summed E-state index contributed by atoms with van der Waals surface area (Å²) >= 11 is 1.04. The molecular weight excluding hydrogens is 399 g/mol. The minimum Gasteiger partial charge on any atom is -0.337 e. The summed E-state index contributed by atoms with van der Waals surface area (Å²) < 4.78 is 39.6. The second-order valence-corrected chi connectivity index (χ2v) is 8.24. The third-order valence-electron chi connectivity index (χ3n) is 4.90. The molecule has 29 heavy (non-hydrogen) atoms. The molecule has 0 radical (unpaired) electrons. The highest BCUT2D eigenvalue weighted by Crippen LogP contribution is 2.34. The number of rotatable bonds is 3. The van der Waals surface area contributed by atoms with Crippen LogP contribution in [0.15, 0.2) is 53.6 Å². The van der Waals surface area contributed by atoms with Gasteiger partial charge in [0, 0.05) is 18.5 Å². The lowest BCUT2D eigenvalue weighted by molar-refractivity contribution is -0.145. The maximum Gasteiger partial charge on any atom is 0.451 e. The van der Waals surface area contributed by atoms with Crippen LogP contribution in [-0.4, -0.2) is 32.6 Å². The van der Waals surface area contributed by atoms with Crippen LogP contribution in [0.3, 0.4) is 0 Å². The molecule has 1 aromatic heterocycles. The minimum atomic E-state index is -4.65. The van der Waals surface area contributed by atoms with Crippen molar-refractivity contribution in [2.24, 2.45) is 0 Å². The highest BCUT2D eigenvalue weighted by molar-refractivity contribution is 8.00. The first-order valence-electron chi connectivity index (χ1n) is 9.19. The van der Waals surface area contributed by atoms with Crippen molar-refractivity contribution < 1.29 is 18.0 Å². The zero-order valence-electron chi connectivity index (χ0n) is 15.6. The number of hydrogen-bond acceptors (Lipinski definition) is 4. The number of aromatic nitrogens is 2. The molecule has 8 heteroatoms. The van der Waals surface area contributed by atoms with Crippen LogP contribution in [0.1, 0.15) is 23.9 Å². The molecule has 4 nitrogen and oxygen atoms in total. The Hall–Kier alpha value is -2.61. The average molecular weight is 417 g/mol. The third kappa shape index (κ3) is 4.07. The second kappa shape index (κ2) is 7.67. The number of para-hydroxylation sites is 1. The molecule has 0 fully saturated rings. The summed E-state index contributed by atoms with van der Waals surface area (Å²) in [6, 6.07) is 14.5. The molecule has 1 aliphatic rings. The molecule has 1 aliphatic heterocycles. The molecule has 0 unspecified atom stereocenters. The number of nitrogens with zero attached hydrogens (tertiary/aromatic N) is 3. The van der Waals surface area contributed by atoms with E-state index in [4.69, 9.17) is 0 Å². The molecule has 0 aliphatic carbocycles. The highest BCUT2D eigenvalue weighted by Gasteiger charge is 2.36. The van der Waals surface area contributed by atoms with Gasteiger partial charge in [0.15, 0.2) is 0 Å². The topological polar surface area (TPSA) is 46.1 Å². The van der Waals surface area contributed by atoms with Gasteiger partial charge >= 0.3 is 6.18 Å². The van der Waals surface area contributed by atoms with Gasteiger partial charge in [-0.05, 0) is 30.5 Å². The van der Waals surface area contributed by atoms with Crippen molar-refractivity contribution in [1.29, 1.82) is 0 Å². The fraction of sp³-hybridized carbons (Fsp3) is 0.286. The van der Waals surface area contributed by atoms with Crippen molar-refractivity contribution in [1.82, 2.24) is 14.9 Å². The van der Waals surface area contributed by atoms with E-state index in [1.165, 1.54) is 11.6 Å². The summed E-state index contributed by atoms with van der Waals surface area (Å²) in [7, 11) is 0. The predicted octanol–water partition coefficient (Wildman–Crippen LogP) is 4.71. The van der Waals surface area contributed by atoms with E-state index in [1.807, 2.05) is 18.2 Å². The predicted molar refractivity (Wildman–Crippen MR) is 105 cm³/mol. The van der Waals surface area contributed by atoms with E-state index in [1.54, 1.807) is 30.0 Å². The molecular formula is C21H18F3N3OS. The molecule has 4 rings (SSSR count). The summed E-state index contributed by atoms with van der Waals surface area (Å²) in [5, 5.41) is 0.106. The molecule has 150 valence electrons. The Labute approximate surface area is 170 Å². The van der Waals surface area contributed by atoms with Crippen LogP contribution >= 0.6 is 11.8 Å². The van der Waals surface area contributed by atoms with Gasteiger partial charge in [0.25, 0.3) is 0 Å². The normalized spacial score (nSPS) is 15.2. The van der Waals surface area contributed by atoms with Gasteiger partial charge < -0.3 is 4.90 Å². The van der Waals surface area contributed by atoms with Gasteiger partial charge in [-0.25, -0.2) is 9.97 Å². The van der Waals surface area contributed by atoms with E-state index in [0.29, 0.717) is 18.5 Å². The molecule has 2 aromatic carbocycles. The third-order valence-corrected chi connectivity index (χ3v) is 5.99. The lowest BCUT2D eigenvalue weighted by Gasteiger charge is -2.30. The molecule has 1 amide bonds. The molecule has 0 spiro atoms. The maximum absolute atomic E-state index is 13.2. The second-order valence-electron chi connectivity index (χ2n) is 6.91. The van der Waals surface area contributed by atoms with E-state index >= 15 is 0 Å². The van der Waals surface area contributed by atoms with Crippen molar-refractivity contribution in [2.45, 2.75) is 36.3 Å². The van der Waals surface area contributed by atoms with Crippen LogP contribution in [0.4, 0.5) is 13.2 Å². The summed E-state index contributed by atoms with van der Waals surface area (Å²) in [5.41, 5.74) is 2.55. The number of hydrogen-bond donors (Lipinski definition) is 0. The molecule has 2 heterocycles. The van der Waals surface area contributed by atoms with Gasteiger partial charge in [0.2, 0.25) is 11.7 Å². The molecule has 3 aromatic rings. The largest absolute Gasteiger partial charge is 0.451 e. The Kier molecular flexibility index (Phi) is 5.21. The zero-order valence-corrected chi connectivity index (χ0v) is 16.4. The van der Waals surface area contributed by atoms with Gasteiger partial charge in [0.1, 0.15) is 5.03 Å². The van der Waals surface area contributed by atoms with Crippen molar-refractivity contribution >= 4 is 28.6 Å².